The molecular weight excluding hydrogens is 522 g/mol. The molecule has 1 fully saturated rings. The number of nitrogens with zero attached hydrogens (tertiary/aromatic N) is 1. The lowest BCUT2D eigenvalue weighted by Gasteiger charge is -2.26. The summed E-state index contributed by atoms with van der Waals surface area (Å²) in [5.74, 6) is -0.849. The van der Waals surface area contributed by atoms with E-state index in [4.69, 9.17) is 30.5 Å². The van der Waals surface area contributed by atoms with Gasteiger partial charge in [0.25, 0.3) is 11.7 Å². The molecule has 1 atom stereocenters. The largest absolute Gasteiger partial charge is 0.507 e. The topological polar surface area (TPSA) is 94.5 Å². The monoisotopic (exact) mass is 551 g/mol. The summed E-state index contributed by atoms with van der Waals surface area (Å²) in [5, 5.41) is 11.8. The van der Waals surface area contributed by atoms with Gasteiger partial charge in [0.2, 0.25) is 0 Å². The van der Waals surface area contributed by atoms with Crippen molar-refractivity contribution < 1.29 is 33.6 Å². The quantitative estimate of drug-likeness (QED) is 0.148. The van der Waals surface area contributed by atoms with Crippen molar-refractivity contribution in [2.24, 2.45) is 0 Å². The molecule has 204 valence electrons. The third-order valence-electron chi connectivity index (χ3n) is 6.44. The van der Waals surface area contributed by atoms with Gasteiger partial charge in [0.1, 0.15) is 29.6 Å². The number of benzene rings is 3. The maximum absolute atomic E-state index is 13.4. The van der Waals surface area contributed by atoms with Crippen molar-refractivity contribution in [2.45, 2.75) is 19.1 Å². The summed E-state index contributed by atoms with van der Waals surface area (Å²) in [4.78, 5) is 28.1. The van der Waals surface area contributed by atoms with Gasteiger partial charge in [-0.1, -0.05) is 54.1 Å². The average molecular weight is 552 g/mol. The van der Waals surface area contributed by atoms with Crippen LogP contribution in [0.3, 0.4) is 0 Å². The van der Waals surface area contributed by atoms with Crippen molar-refractivity contribution in [1.29, 1.82) is 0 Å². The van der Waals surface area contributed by atoms with Crippen LogP contribution in [0.1, 0.15) is 29.2 Å². The second-order valence-corrected chi connectivity index (χ2v) is 9.28. The van der Waals surface area contributed by atoms with E-state index in [1.807, 2.05) is 30.3 Å². The highest BCUT2D eigenvalue weighted by Crippen LogP contribution is 2.43. The van der Waals surface area contributed by atoms with Gasteiger partial charge >= 0.3 is 0 Å². The molecule has 3 aromatic rings. The zero-order valence-electron chi connectivity index (χ0n) is 22.0. The predicted molar refractivity (Wildman–Crippen MR) is 147 cm³/mol. The van der Waals surface area contributed by atoms with E-state index in [1.165, 1.54) is 31.3 Å². The van der Waals surface area contributed by atoms with Gasteiger partial charge in [-0.25, -0.2) is 0 Å². The summed E-state index contributed by atoms with van der Waals surface area (Å²) in [7, 11) is 4.43. The van der Waals surface area contributed by atoms with Crippen LogP contribution in [0.4, 0.5) is 0 Å². The number of hydrogen-bond donors (Lipinski definition) is 1. The first-order valence-electron chi connectivity index (χ1n) is 12.4. The fourth-order valence-electron chi connectivity index (χ4n) is 4.54. The zero-order valence-corrected chi connectivity index (χ0v) is 22.7. The highest BCUT2D eigenvalue weighted by atomic mass is 35.5. The molecular formula is C30H30ClNO7. The molecule has 9 heteroatoms. The van der Waals surface area contributed by atoms with Crippen molar-refractivity contribution in [3.8, 4) is 17.2 Å². The average Bonchev–Trinajstić information content (AvgIpc) is 3.21. The third kappa shape index (κ3) is 6.02. The van der Waals surface area contributed by atoms with Crippen molar-refractivity contribution in [3.05, 3.63) is 94.0 Å². The van der Waals surface area contributed by atoms with E-state index in [-0.39, 0.29) is 34.2 Å². The van der Waals surface area contributed by atoms with Gasteiger partial charge in [0, 0.05) is 26.3 Å². The molecule has 0 aliphatic carbocycles. The number of ether oxygens (including phenoxy) is 4. The van der Waals surface area contributed by atoms with E-state index in [0.29, 0.717) is 30.9 Å². The second-order valence-electron chi connectivity index (χ2n) is 8.87. The van der Waals surface area contributed by atoms with Crippen LogP contribution < -0.4 is 14.2 Å². The molecule has 0 aromatic heterocycles. The number of ketones is 1. The molecule has 1 amide bonds. The zero-order chi connectivity index (χ0) is 27.9. The van der Waals surface area contributed by atoms with E-state index in [2.05, 4.69) is 0 Å². The van der Waals surface area contributed by atoms with E-state index in [0.717, 1.165) is 5.56 Å². The molecule has 1 aliphatic rings. The molecule has 1 N–H and O–H groups in total. The molecule has 1 saturated heterocycles. The highest BCUT2D eigenvalue weighted by Gasteiger charge is 2.46. The van der Waals surface area contributed by atoms with E-state index in [9.17, 15) is 14.7 Å². The number of Topliss-reactive ketones (excluding diaryl/α,β-unsaturated/α-hetero) is 1. The Kier molecular flexibility index (Phi) is 9.11. The number of carbonyl (C=O) groups excluding carboxylic acids is 2. The Morgan fingerprint density at radius 1 is 0.949 bits per heavy atom. The molecule has 1 unspecified atom stereocenters. The summed E-state index contributed by atoms with van der Waals surface area (Å²) in [6.45, 7) is 0.994. The Hall–Kier alpha value is -4.01. The Morgan fingerprint density at radius 2 is 1.69 bits per heavy atom. The minimum atomic E-state index is -0.867. The molecule has 0 radical (unpaired) electrons. The van der Waals surface area contributed by atoms with Gasteiger partial charge in [-0.15, -0.1) is 0 Å². The van der Waals surface area contributed by atoms with Gasteiger partial charge in [-0.05, 0) is 35.7 Å². The van der Waals surface area contributed by atoms with Gasteiger partial charge < -0.3 is 29.0 Å². The van der Waals surface area contributed by atoms with Crippen molar-refractivity contribution >= 4 is 29.1 Å². The van der Waals surface area contributed by atoms with Gasteiger partial charge in [-0.2, -0.15) is 0 Å². The Morgan fingerprint density at radius 3 is 2.38 bits per heavy atom. The normalized spacial score (nSPS) is 16.4. The summed E-state index contributed by atoms with van der Waals surface area (Å²) >= 11 is 6.25. The van der Waals surface area contributed by atoms with Crippen LogP contribution >= 0.6 is 11.6 Å². The molecule has 4 rings (SSSR count). The first-order chi connectivity index (χ1) is 18.9. The van der Waals surface area contributed by atoms with Crippen LogP contribution in [0.15, 0.2) is 72.3 Å². The number of halogens is 1. The van der Waals surface area contributed by atoms with E-state index in [1.54, 1.807) is 31.4 Å². The summed E-state index contributed by atoms with van der Waals surface area (Å²) in [6, 6.07) is 19.0. The number of amides is 1. The van der Waals surface area contributed by atoms with Crippen LogP contribution in [0, 0.1) is 0 Å². The van der Waals surface area contributed by atoms with Crippen LogP contribution in [-0.4, -0.2) is 56.2 Å². The minimum absolute atomic E-state index is 0.0692. The number of aliphatic hydroxyl groups is 1. The number of methoxy groups -OCH3 is 3. The van der Waals surface area contributed by atoms with Crippen LogP contribution in [0.5, 0.6) is 17.2 Å². The first-order valence-corrected chi connectivity index (χ1v) is 12.7. The molecule has 1 heterocycles. The fraction of sp³-hybridized carbons (Fsp3) is 0.267. The molecule has 8 nitrogen and oxygen atoms in total. The molecule has 3 aromatic carbocycles. The van der Waals surface area contributed by atoms with Crippen molar-refractivity contribution in [1.82, 2.24) is 4.90 Å². The lowest BCUT2D eigenvalue weighted by atomic mass is 9.94. The Bertz CT molecular complexity index is 1370. The first kappa shape index (κ1) is 28.0. The minimum Gasteiger partial charge on any atom is -0.507 e. The predicted octanol–water partition coefficient (Wildman–Crippen LogP) is 5.39. The lowest BCUT2D eigenvalue weighted by Crippen LogP contribution is -2.31. The summed E-state index contributed by atoms with van der Waals surface area (Å²) in [5.41, 5.74) is 1.71. The van der Waals surface area contributed by atoms with Crippen molar-refractivity contribution in [2.75, 3.05) is 34.5 Å². The number of likely N-dealkylation sites (tertiary alicyclic amines) is 1. The second kappa shape index (κ2) is 12.7. The van der Waals surface area contributed by atoms with Gasteiger partial charge in [0.15, 0.2) is 0 Å². The standard InChI is InChI=1S/C30H30ClNO7/c1-36-14-8-13-32-27(20-11-7-12-21(15-20)39-18-19-9-5-4-6-10-19)26(29(34)30(32)35)28(33)22-16-25(38-3)23(31)17-24(22)37-2/h4-7,9-12,15-17,27,33H,8,13-14,18H2,1-3H3/b28-26+. The smallest absolute Gasteiger partial charge is 0.295 e. The number of aliphatic hydroxyl groups excluding tert-OH is 1. The maximum atomic E-state index is 13.4. The summed E-state index contributed by atoms with van der Waals surface area (Å²) < 4.78 is 21.9. The molecule has 0 saturated carbocycles. The van der Waals surface area contributed by atoms with Crippen LogP contribution in [-0.2, 0) is 20.9 Å². The molecule has 0 bridgehead atoms. The lowest BCUT2D eigenvalue weighted by molar-refractivity contribution is -0.140. The van der Waals surface area contributed by atoms with Crippen LogP contribution in [0.2, 0.25) is 5.02 Å². The Labute approximate surface area is 232 Å². The molecule has 39 heavy (non-hydrogen) atoms. The summed E-state index contributed by atoms with van der Waals surface area (Å²) in [6.07, 6.45) is 0.502. The highest BCUT2D eigenvalue weighted by molar-refractivity contribution is 6.46. The van der Waals surface area contributed by atoms with Gasteiger partial charge in [0.05, 0.1) is 36.4 Å². The molecule has 0 spiro atoms. The van der Waals surface area contributed by atoms with Crippen LogP contribution in [0.25, 0.3) is 5.76 Å². The van der Waals surface area contributed by atoms with E-state index < -0.39 is 23.5 Å². The Balaban J connectivity index is 1.80. The van der Waals surface area contributed by atoms with Gasteiger partial charge in [-0.3, -0.25) is 9.59 Å². The number of carbonyl (C=O) groups is 2. The van der Waals surface area contributed by atoms with Crippen molar-refractivity contribution in [3.63, 3.8) is 0 Å². The fourth-order valence-corrected chi connectivity index (χ4v) is 4.77. The van der Waals surface area contributed by atoms with E-state index >= 15 is 0 Å². The molecule has 1 aliphatic heterocycles. The third-order valence-corrected chi connectivity index (χ3v) is 6.73. The number of rotatable bonds is 11. The maximum Gasteiger partial charge on any atom is 0.295 e. The SMILES string of the molecule is COCCCN1C(=O)C(=O)/C(=C(/O)c2cc(OC)c(Cl)cc2OC)C1c1cccc(OCc2ccccc2)c1. The number of hydrogen-bond acceptors (Lipinski definition) is 7.